The SMILES string of the molecule is [CH2]CC([C]1CO1)C(=O)O. The molecule has 1 N–H and O–H groups in total. The first-order valence-corrected chi connectivity index (χ1v) is 2.76. The summed E-state index contributed by atoms with van der Waals surface area (Å²) in [7, 11) is 0. The Kier molecular flexibility index (Phi) is 1.71. The predicted octanol–water partition coefficient (Wildman–Crippen LogP) is 0.474. The summed E-state index contributed by atoms with van der Waals surface area (Å²) in [4.78, 5) is 10.3. The Bertz CT molecular complexity index is 117. The zero-order chi connectivity index (χ0) is 6.85. The molecule has 2 radical (unpaired) electrons. The molecule has 1 unspecified atom stereocenters. The van der Waals surface area contributed by atoms with E-state index in [4.69, 9.17) is 9.84 Å². The van der Waals surface area contributed by atoms with E-state index in [0.717, 1.165) is 0 Å². The van der Waals surface area contributed by atoms with E-state index in [1.165, 1.54) is 0 Å². The molecule has 50 valence electrons. The second kappa shape index (κ2) is 2.35. The van der Waals surface area contributed by atoms with Gasteiger partial charge in [-0.05, 0) is 6.42 Å². The van der Waals surface area contributed by atoms with E-state index < -0.39 is 11.9 Å². The Hall–Kier alpha value is -0.570. The number of carboxylic acids is 1. The first-order chi connectivity index (χ1) is 4.25. The minimum Gasteiger partial charge on any atom is -0.481 e. The summed E-state index contributed by atoms with van der Waals surface area (Å²) in [5.74, 6) is -1.30. The van der Waals surface area contributed by atoms with Crippen LogP contribution in [0.1, 0.15) is 6.42 Å². The second-order valence-corrected chi connectivity index (χ2v) is 1.93. The zero-order valence-electron chi connectivity index (χ0n) is 4.96. The van der Waals surface area contributed by atoms with Crippen LogP contribution in [0.25, 0.3) is 0 Å². The van der Waals surface area contributed by atoms with E-state index >= 15 is 0 Å². The molecule has 0 aromatic carbocycles. The van der Waals surface area contributed by atoms with E-state index in [1.54, 1.807) is 0 Å². The molecule has 0 aromatic rings. The molecule has 1 fully saturated rings. The first kappa shape index (κ1) is 6.55. The van der Waals surface area contributed by atoms with Crippen LogP contribution in [0, 0.1) is 18.9 Å². The van der Waals surface area contributed by atoms with Gasteiger partial charge in [0.2, 0.25) is 0 Å². The van der Waals surface area contributed by atoms with Gasteiger partial charge in [-0.1, -0.05) is 6.92 Å². The largest absolute Gasteiger partial charge is 0.481 e. The summed E-state index contributed by atoms with van der Waals surface area (Å²) >= 11 is 0. The highest BCUT2D eigenvalue weighted by Gasteiger charge is 2.37. The maximum atomic E-state index is 10.3. The molecular formula is C6H8O3. The zero-order valence-corrected chi connectivity index (χ0v) is 4.96. The number of hydrogen-bond acceptors (Lipinski definition) is 2. The fraction of sp³-hybridized carbons (Fsp3) is 0.500. The number of aliphatic carboxylic acids is 1. The van der Waals surface area contributed by atoms with Gasteiger partial charge in [0.15, 0.2) is 0 Å². The van der Waals surface area contributed by atoms with Crippen molar-refractivity contribution in [1.82, 2.24) is 0 Å². The van der Waals surface area contributed by atoms with E-state index in [0.29, 0.717) is 19.1 Å². The van der Waals surface area contributed by atoms with Gasteiger partial charge in [0, 0.05) is 0 Å². The molecule has 1 rings (SSSR count). The average Bonchev–Trinajstić information content (AvgIpc) is 2.50. The smallest absolute Gasteiger partial charge is 0.309 e. The summed E-state index contributed by atoms with van der Waals surface area (Å²) in [6, 6.07) is 0. The van der Waals surface area contributed by atoms with Crippen LogP contribution in [-0.2, 0) is 9.53 Å². The van der Waals surface area contributed by atoms with Crippen molar-refractivity contribution in [3.8, 4) is 0 Å². The van der Waals surface area contributed by atoms with Crippen molar-refractivity contribution in [2.75, 3.05) is 6.61 Å². The quantitative estimate of drug-likeness (QED) is 0.562. The van der Waals surface area contributed by atoms with Gasteiger partial charge in [0.1, 0.15) is 6.10 Å². The number of carboxylic acid groups (broad SMARTS) is 1. The average molecular weight is 128 g/mol. The molecule has 1 saturated heterocycles. The summed E-state index contributed by atoms with van der Waals surface area (Å²) < 4.78 is 4.72. The molecular weight excluding hydrogens is 120 g/mol. The number of epoxide rings is 1. The van der Waals surface area contributed by atoms with Crippen LogP contribution < -0.4 is 0 Å². The van der Waals surface area contributed by atoms with E-state index in [9.17, 15) is 4.79 Å². The predicted molar refractivity (Wildman–Crippen MR) is 30.3 cm³/mol. The maximum Gasteiger partial charge on any atom is 0.309 e. The minimum atomic E-state index is -0.836. The highest BCUT2D eigenvalue weighted by atomic mass is 16.6. The lowest BCUT2D eigenvalue weighted by atomic mass is 10.0. The summed E-state index contributed by atoms with van der Waals surface area (Å²) in [6.07, 6.45) is 1.04. The van der Waals surface area contributed by atoms with Crippen LogP contribution in [0.3, 0.4) is 0 Å². The van der Waals surface area contributed by atoms with Gasteiger partial charge >= 0.3 is 5.97 Å². The molecule has 1 heterocycles. The monoisotopic (exact) mass is 128 g/mol. The fourth-order valence-corrected chi connectivity index (χ4v) is 0.665. The molecule has 1 aliphatic heterocycles. The molecule has 0 amide bonds. The first-order valence-electron chi connectivity index (χ1n) is 2.76. The Morgan fingerprint density at radius 1 is 2.00 bits per heavy atom. The van der Waals surface area contributed by atoms with Crippen LogP contribution >= 0.6 is 0 Å². The van der Waals surface area contributed by atoms with Crippen LogP contribution in [0.2, 0.25) is 0 Å². The van der Waals surface area contributed by atoms with Crippen molar-refractivity contribution in [1.29, 1.82) is 0 Å². The third kappa shape index (κ3) is 1.42. The van der Waals surface area contributed by atoms with Gasteiger partial charge in [0.05, 0.1) is 12.5 Å². The Balaban J connectivity index is 2.37. The summed E-state index contributed by atoms with van der Waals surface area (Å²) in [5, 5.41) is 8.44. The molecule has 0 aliphatic carbocycles. The molecule has 3 heteroatoms. The van der Waals surface area contributed by atoms with Gasteiger partial charge in [0.25, 0.3) is 0 Å². The van der Waals surface area contributed by atoms with Crippen molar-refractivity contribution in [2.24, 2.45) is 5.92 Å². The topological polar surface area (TPSA) is 49.8 Å². The van der Waals surface area contributed by atoms with Gasteiger partial charge in [-0.15, -0.1) is 0 Å². The van der Waals surface area contributed by atoms with E-state index in [1.807, 2.05) is 0 Å². The third-order valence-corrected chi connectivity index (χ3v) is 1.29. The van der Waals surface area contributed by atoms with Gasteiger partial charge < -0.3 is 9.84 Å². The van der Waals surface area contributed by atoms with Gasteiger partial charge in [-0.2, -0.15) is 0 Å². The van der Waals surface area contributed by atoms with Crippen LogP contribution in [-0.4, -0.2) is 17.7 Å². The van der Waals surface area contributed by atoms with Crippen molar-refractivity contribution in [3.05, 3.63) is 13.0 Å². The number of ether oxygens (including phenoxy) is 1. The van der Waals surface area contributed by atoms with Crippen molar-refractivity contribution >= 4 is 5.97 Å². The van der Waals surface area contributed by atoms with Crippen molar-refractivity contribution in [3.63, 3.8) is 0 Å². The van der Waals surface area contributed by atoms with Gasteiger partial charge in [-0.25, -0.2) is 0 Å². The summed E-state index contributed by atoms with van der Waals surface area (Å²) in [5.41, 5.74) is 0. The normalized spacial score (nSPS) is 21.4. The lowest BCUT2D eigenvalue weighted by molar-refractivity contribution is -0.141. The van der Waals surface area contributed by atoms with Crippen molar-refractivity contribution in [2.45, 2.75) is 6.42 Å². The van der Waals surface area contributed by atoms with Crippen molar-refractivity contribution < 1.29 is 14.6 Å². The molecule has 0 bridgehead atoms. The molecule has 0 spiro atoms. The second-order valence-electron chi connectivity index (χ2n) is 1.93. The lowest BCUT2D eigenvalue weighted by Crippen LogP contribution is -2.13. The molecule has 0 aromatic heterocycles. The minimum absolute atomic E-state index is 0.380. The number of hydrogen-bond donors (Lipinski definition) is 1. The molecule has 1 atom stereocenters. The van der Waals surface area contributed by atoms with E-state index in [2.05, 4.69) is 6.92 Å². The molecule has 0 saturated carbocycles. The van der Waals surface area contributed by atoms with Crippen LogP contribution in [0.15, 0.2) is 0 Å². The Labute approximate surface area is 53.6 Å². The molecule has 9 heavy (non-hydrogen) atoms. The maximum absolute atomic E-state index is 10.3. The number of rotatable bonds is 3. The summed E-state index contributed by atoms with van der Waals surface area (Å²) in [6.45, 7) is 3.99. The van der Waals surface area contributed by atoms with Crippen LogP contribution in [0.5, 0.6) is 0 Å². The van der Waals surface area contributed by atoms with E-state index in [-0.39, 0.29) is 0 Å². The Morgan fingerprint density at radius 2 is 2.56 bits per heavy atom. The highest BCUT2D eigenvalue weighted by Crippen LogP contribution is 2.30. The third-order valence-electron chi connectivity index (χ3n) is 1.29. The molecule has 1 aliphatic rings. The number of carbonyl (C=O) groups is 1. The highest BCUT2D eigenvalue weighted by molar-refractivity contribution is 5.72. The lowest BCUT2D eigenvalue weighted by Gasteiger charge is -2.01. The standard InChI is InChI=1S/C6H8O3/c1-2-4(6(7)8)5-3-9-5/h4H,1-3H2,(H,7,8). The molecule has 3 nitrogen and oxygen atoms in total. The Morgan fingerprint density at radius 3 is 2.67 bits per heavy atom. The van der Waals surface area contributed by atoms with Gasteiger partial charge in [-0.3, -0.25) is 4.79 Å². The fourth-order valence-electron chi connectivity index (χ4n) is 0.665. The van der Waals surface area contributed by atoms with Crippen LogP contribution in [0.4, 0.5) is 0 Å².